The molecule has 1 N–H and O–H groups in total. The van der Waals surface area contributed by atoms with Gasteiger partial charge in [0.1, 0.15) is 12.6 Å². The highest BCUT2D eigenvalue weighted by Crippen LogP contribution is 2.29. The van der Waals surface area contributed by atoms with Gasteiger partial charge in [-0.3, -0.25) is 13.9 Å². The van der Waals surface area contributed by atoms with Gasteiger partial charge in [0.05, 0.1) is 10.6 Å². The Hall–Kier alpha value is -3.36. The number of hydrogen-bond donors (Lipinski definition) is 1. The number of halogens is 1. The first kappa shape index (κ1) is 31.2. The number of amides is 2. The van der Waals surface area contributed by atoms with Crippen molar-refractivity contribution in [3.63, 3.8) is 0 Å². The van der Waals surface area contributed by atoms with Gasteiger partial charge in [-0.05, 0) is 88.1 Å². The maximum atomic E-state index is 14.2. The Kier molecular flexibility index (Phi) is 10.0. The molecule has 3 aromatic rings. The van der Waals surface area contributed by atoms with Crippen LogP contribution in [0, 0.1) is 13.8 Å². The van der Waals surface area contributed by atoms with Gasteiger partial charge >= 0.3 is 0 Å². The number of carbonyl (C=O) groups excluding carboxylic acids is 2. The molecule has 0 aliphatic carbocycles. The molecule has 0 aromatic heterocycles. The van der Waals surface area contributed by atoms with Crippen LogP contribution < -0.4 is 9.62 Å². The van der Waals surface area contributed by atoms with Crippen molar-refractivity contribution in [2.24, 2.45) is 0 Å². The van der Waals surface area contributed by atoms with Gasteiger partial charge in [0.15, 0.2) is 0 Å². The van der Waals surface area contributed by atoms with Crippen LogP contribution in [0.4, 0.5) is 5.69 Å². The number of sulfonamides is 1. The molecule has 0 radical (unpaired) electrons. The maximum Gasteiger partial charge on any atom is 0.264 e. The van der Waals surface area contributed by atoms with E-state index in [2.05, 4.69) is 5.32 Å². The molecule has 2 amide bonds. The first-order valence-electron chi connectivity index (χ1n) is 13.2. The summed E-state index contributed by atoms with van der Waals surface area (Å²) < 4.78 is 29.1. The average Bonchev–Trinajstić information content (AvgIpc) is 2.89. The highest BCUT2D eigenvalue weighted by molar-refractivity contribution is 7.92. The Balaban J connectivity index is 2.10. The number of nitrogens with zero attached hydrogens (tertiary/aromatic N) is 2. The van der Waals surface area contributed by atoms with Crippen LogP contribution in [0.5, 0.6) is 0 Å². The third kappa shape index (κ3) is 7.64. The normalized spacial score (nSPS) is 12.5. The van der Waals surface area contributed by atoms with Crippen LogP contribution in [0.25, 0.3) is 0 Å². The second-order valence-corrected chi connectivity index (χ2v) is 13.2. The van der Waals surface area contributed by atoms with E-state index in [-0.39, 0.29) is 17.3 Å². The Morgan fingerprint density at radius 1 is 0.925 bits per heavy atom. The zero-order valence-electron chi connectivity index (χ0n) is 23.9. The Morgan fingerprint density at radius 3 is 2.12 bits per heavy atom. The van der Waals surface area contributed by atoms with Gasteiger partial charge in [0.25, 0.3) is 10.0 Å². The minimum atomic E-state index is -4.11. The molecular weight excluding hydrogens is 546 g/mol. The van der Waals surface area contributed by atoms with Gasteiger partial charge in [-0.1, -0.05) is 61.0 Å². The summed E-state index contributed by atoms with van der Waals surface area (Å²) in [5.74, 6) is -0.798. The van der Waals surface area contributed by atoms with Crippen LogP contribution in [-0.2, 0) is 26.2 Å². The monoisotopic (exact) mass is 583 g/mol. The average molecular weight is 584 g/mol. The van der Waals surface area contributed by atoms with Gasteiger partial charge in [-0.25, -0.2) is 8.42 Å². The lowest BCUT2D eigenvalue weighted by Gasteiger charge is -2.35. The molecule has 0 aliphatic rings. The largest absolute Gasteiger partial charge is 0.350 e. The number of anilines is 1. The highest BCUT2D eigenvalue weighted by atomic mass is 35.5. The number of aryl methyl sites for hydroxylation is 1. The molecule has 0 bridgehead atoms. The summed E-state index contributed by atoms with van der Waals surface area (Å²) in [7, 11) is -4.11. The molecular formula is C31H38ClN3O4S. The Labute approximate surface area is 243 Å². The van der Waals surface area contributed by atoms with Crippen LogP contribution in [0.1, 0.15) is 50.8 Å². The first-order chi connectivity index (χ1) is 18.7. The van der Waals surface area contributed by atoms with E-state index in [1.165, 1.54) is 17.0 Å². The van der Waals surface area contributed by atoms with Crippen molar-refractivity contribution in [2.45, 2.75) is 71.0 Å². The number of rotatable bonds is 10. The Bertz CT molecular complexity index is 1440. The van der Waals surface area contributed by atoms with Crippen LogP contribution in [0.15, 0.2) is 77.7 Å². The van der Waals surface area contributed by atoms with Gasteiger partial charge < -0.3 is 10.2 Å². The molecule has 40 heavy (non-hydrogen) atoms. The van der Waals surface area contributed by atoms with Crippen LogP contribution in [-0.4, -0.2) is 43.3 Å². The molecule has 9 heteroatoms. The number of benzene rings is 3. The lowest BCUT2D eigenvalue weighted by Crippen LogP contribution is -2.55. The zero-order chi connectivity index (χ0) is 29.7. The van der Waals surface area contributed by atoms with E-state index < -0.39 is 34.1 Å². The molecule has 0 fully saturated rings. The minimum Gasteiger partial charge on any atom is -0.350 e. The number of hydrogen-bond acceptors (Lipinski definition) is 4. The summed E-state index contributed by atoms with van der Waals surface area (Å²) in [6.45, 7) is 10.8. The van der Waals surface area contributed by atoms with Crippen molar-refractivity contribution in [3.8, 4) is 0 Å². The van der Waals surface area contributed by atoms with Crippen LogP contribution in [0.3, 0.4) is 0 Å². The highest BCUT2D eigenvalue weighted by Gasteiger charge is 2.35. The zero-order valence-corrected chi connectivity index (χ0v) is 25.5. The third-order valence-corrected chi connectivity index (χ3v) is 8.63. The summed E-state index contributed by atoms with van der Waals surface area (Å²) in [6, 6.07) is 19.6. The second kappa shape index (κ2) is 12.9. The Morgan fingerprint density at radius 2 is 1.55 bits per heavy atom. The van der Waals surface area contributed by atoms with E-state index in [0.29, 0.717) is 17.1 Å². The lowest BCUT2D eigenvalue weighted by atomic mass is 10.1. The van der Waals surface area contributed by atoms with E-state index in [9.17, 15) is 18.0 Å². The third-order valence-electron chi connectivity index (χ3n) is 6.61. The van der Waals surface area contributed by atoms with Crippen molar-refractivity contribution in [1.82, 2.24) is 10.2 Å². The standard InChI is InChI=1S/C31H38ClN3O4S/c1-7-27(30(37)33-31(4,5)6)34(20-24-16-18-25(32)19-17-24)29(36)21-35(28-15-11-12-22(2)23(28)3)40(38,39)26-13-9-8-10-14-26/h8-19,27H,7,20-21H2,1-6H3,(H,33,37)/t27-/m1/s1. The van der Waals surface area contributed by atoms with E-state index in [1.807, 2.05) is 47.6 Å². The van der Waals surface area contributed by atoms with E-state index in [0.717, 1.165) is 21.0 Å². The maximum absolute atomic E-state index is 14.2. The predicted molar refractivity (Wildman–Crippen MR) is 161 cm³/mol. The molecule has 7 nitrogen and oxygen atoms in total. The molecule has 3 aromatic carbocycles. The SMILES string of the molecule is CC[C@H](C(=O)NC(C)(C)C)N(Cc1ccc(Cl)cc1)C(=O)CN(c1cccc(C)c1C)S(=O)(=O)c1ccccc1. The van der Waals surface area contributed by atoms with E-state index in [4.69, 9.17) is 11.6 Å². The fourth-order valence-electron chi connectivity index (χ4n) is 4.40. The van der Waals surface area contributed by atoms with E-state index >= 15 is 0 Å². The quantitative estimate of drug-likeness (QED) is 0.323. The predicted octanol–water partition coefficient (Wildman–Crippen LogP) is 5.87. The molecule has 0 unspecified atom stereocenters. The van der Waals surface area contributed by atoms with Crippen molar-refractivity contribution in [3.05, 3.63) is 94.5 Å². The van der Waals surface area contributed by atoms with Gasteiger partial charge in [0, 0.05) is 17.1 Å². The van der Waals surface area contributed by atoms with E-state index in [1.54, 1.807) is 54.6 Å². The van der Waals surface area contributed by atoms with Gasteiger partial charge in [0.2, 0.25) is 11.8 Å². The molecule has 0 heterocycles. The summed E-state index contributed by atoms with van der Waals surface area (Å²) in [5, 5.41) is 3.52. The first-order valence-corrected chi connectivity index (χ1v) is 15.1. The molecule has 0 saturated heterocycles. The van der Waals surface area contributed by atoms with Crippen molar-refractivity contribution in [1.29, 1.82) is 0 Å². The molecule has 0 spiro atoms. The summed E-state index contributed by atoms with van der Waals surface area (Å²) in [6.07, 6.45) is 0.343. The van der Waals surface area contributed by atoms with Gasteiger partial charge in [-0.2, -0.15) is 0 Å². The fraction of sp³-hybridized carbons (Fsp3) is 0.355. The topological polar surface area (TPSA) is 86.8 Å². The lowest BCUT2D eigenvalue weighted by molar-refractivity contribution is -0.141. The van der Waals surface area contributed by atoms with Crippen molar-refractivity contribution >= 4 is 39.1 Å². The van der Waals surface area contributed by atoms with Crippen molar-refractivity contribution < 1.29 is 18.0 Å². The number of nitrogens with one attached hydrogen (secondary N) is 1. The fourth-order valence-corrected chi connectivity index (χ4v) is 6.02. The molecule has 214 valence electrons. The van der Waals surface area contributed by atoms with Crippen LogP contribution >= 0.6 is 11.6 Å². The second-order valence-electron chi connectivity index (χ2n) is 10.9. The van der Waals surface area contributed by atoms with Crippen molar-refractivity contribution in [2.75, 3.05) is 10.8 Å². The summed E-state index contributed by atoms with van der Waals surface area (Å²) in [4.78, 5) is 29.1. The minimum absolute atomic E-state index is 0.0745. The summed E-state index contributed by atoms with van der Waals surface area (Å²) in [5.41, 5.74) is 2.31. The molecule has 3 rings (SSSR count). The molecule has 0 aliphatic heterocycles. The van der Waals surface area contributed by atoms with Gasteiger partial charge in [-0.15, -0.1) is 0 Å². The summed E-state index contributed by atoms with van der Waals surface area (Å²) >= 11 is 6.08. The smallest absolute Gasteiger partial charge is 0.264 e. The molecule has 0 saturated carbocycles. The van der Waals surface area contributed by atoms with Crippen LogP contribution in [0.2, 0.25) is 5.02 Å². The number of carbonyl (C=O) groups is 2. The molecule has 1 atom stereocenters.